The molecule has 1 amide bonds. The molecule has 0 fully saturated rings. The van der Waals surface area contributed by atoms with Crippen molar-refractivity contribution in [1.29, 1.82) is 0 Å². The van der Waals surface area contributed by atoms with E-state index in [1.54, 1.807) is 11.3 Å². The van der Waals surface area contributed by atoms with Gasteiger partial charge < -0.3 is 34.1 Å². The largest absolute Gasteiger partial charge is 0.465 e. The number of ether oxygens (including phenoxy) is 3. The van der Waals surface area contributed by atoms with E-state index in [2.05, 4.69) is 33.0 Å². The molecule has 388 valence electrons. The van der Waals surface area contributed by atoms with Gasteiger partial charge in [-0.3, -0.25) is 14.4 Å². The number of fused-ring (bicyclic) bond motifs is 1. The molecule has 1 aromatic rings. The number of rotatable bonds is 41. The van der Waals surface area contributed by atoms with E-state index < -0.39 is 0 Å². The van der Waals surface area contributed by atoms with Crippen LogP contribution in [0, 0.1) is 11.8 Å². The second-order valence-corrected chi connectivity index (χ2v) is 20.2. The van der Waals surface area contributed by atoms with Crippen molar-refractivity contribution in [2.45, 2.75) is 233 Å². The number of unbranched alkanes of at least 4 members (excludes halogenated alkanes) is 19. The van der Waals surface area contributed by atoms with Gasteiger partial charge in [-0.15, -0.1) is 11.3 Å². The number of aldehydes is 1. The molecule has 1 aliphatic rings. The van der Waals surface area contributed by atoms with E-state index in [-0.39, 0.29) is 35.7 Å². The van der Waals surface area contributed by atoms with Gasteiger partial charge in [0.2, 0.25) is 5.91 Å². The lowest BCUT2D eigenvalue weighted by Gasteiger charge is -2.27. The molecule has 1 aromatic heterocycles. The summed E-state index contributed by atoms with van der Waals surface area (Å²) in [4.78, 5) is 66.1. The molecule has 0 aliphatic carbocycles. The first kappa shape index (κ1) is 62.0. The van der Waals surface area contributed by atoms with Crippen molar-refractivity contribution in [3.8, 4) is 0 Å². The van der Waals surface area contributed by atoms with Crippen LogP contribution in [0.2, 0.25) is 0 Å². The topological polar surface area (TPSA) is 132 Å². The van der Waals surface area contributed by atoms with E-state index in [1.807, 2.05) is 30.9 Å². The number of hydrogen-bond acceptors (Lipinski definition) is 11. The van der Waals surface area contributed by atoms with Crippen LogP contribution in [0.25, 0.3) is 0 Å². The third kappa shape index (κ3) is 29.6. The number of likely N-dealkylation sites (N-methyl/N-ethyl adjacent to an activating group) is 1. The minimum Gasteiger partial charge on any atom is -0.465 e. The summed E-state index contributed by atoms with van der Waals surface area (Å²) in [5, 5.41) is 3.95. The summed E-state index contributed by atoms with van der Waals surface area (Å²) in [6.07, 6.45) is 33.7. The highest BCUT2D eigenvalue weighted by atomic mass is 32.1. The van der Waals surface area contributed by atoms with Gasteiger partial charge in [0.05, 0.1) is 37.2 Å². The van der Waals surface area contributed by atoms with Gasteiger partial charge in [-0.1, -0.05) is 143 Å². The molecule has 0 saturated carbocycles. The van der Waals surface area contributed by atoms with Gasteiger partial charge in [-0.05, 0) is 90.3 Å². The standard InChI is InChI=1S/C33H57N3O5S.C22H42O3/c1-6-8-10-11-14-18-26(17-13-9-7-2)32(38)40-23-16-12-15-19-29(37)36-21-20-27-28(25-36)42-31(34-3)30(27)33(39)41-24-22-35(4)5;1-3-5-7-9-10-14-18-21(17-13-8-6-4-2)22(24)25-20-16-12-11-15-19-23/h26,34H,6-25H2,1-5H3;19,21H,3-18,20H2,1-2H3. The first-order valence-corrected chi connectivity index (χ1v) is 28.1. The van der Waals surface area contributed by atoms with Gasteiger partial charge in [0.15, 0.2) is 0 Å². The Morgan fingerprint density at radius 3 is 1.60 bits per heavy atom. The minimum atomic E-state index is -0.293. The molecule has 2 unspecified atom stereocenters. The molecule has 1 N–H and O–H groups in total. The van der Waals surface area contributed by atoms with Gasteiger partial charge in [0.1, 0.15) is 17.9 Å². The zero-order chi connectivity index (χ0) is 49.3. The van der Waals surface area contributed by atoms with Crippen molar-refractivity contribution < 1.29 is 38.2 Å². The van der Waals surface area contributed by atoms with E-state index in [0.717, 1.165) is 118 Å². The smallest absolute Gasteiger partial charge is 0.341 e. The Balaban J connectivity index is 0.000000768. The summed E-state index contributed by atoms with van der Waals surface area (Å²) in [6.45, 7) is 12.0. The van der Waals surface area contributed by atoms with Crippen LogP contribution in [-0.4, -0.2) is 94.0 Å². The van der Waals surface area contributed by atoms with Crippen molar-refractivity contribution in [2.24, 2.45) is 11.8 Å². The van der Waals surface area contributed by atoms with E-state index >= 15 is 0 Å². The van der Waals surface area contributed by atoms with Crippen molar-refractivity contribution in [3.63, 3.8) is 0 Å². The molecule has 0 radical (unpaired) electrons. The van der Waals surface area contributed by atoms with Gasteiger partial charge >= 0.3 is 17.9 Å². The minimum absolute atomic E-state index is 0.0143. The Hall–Kier alpha value is -2.99. The van der Waals surface area contributed by atoms with E-state index in [9.17, 15) is 24.0 Å². The molecule has 12 heteroatoms. The van der Waals surface area contributed by atoms with Crippen LogP contribution in [0.4, 0.5) is 5.00 Å². The fourth-order valence-corrected chi connectivity index (χ4v) is 9.79. The maximum absolute atomic E-state index is 13.0. The van der Waals surface area contributed by atoms with Crippen LogP contribution in [0.3, 0.4) is 0 Å². The summed E-state index contributed by atoms with van der Waals surface area (Å²) in [5.74, 6) is -0.0347. The van der Waals surface area contributed by atoms with Gasteiger partial charge in [0.25, 0.3) is 0 Å². The molecule has 0 bridgehead atoms. The zero-order valence-electron chi connectivity index (χ0n) is 44.0. The maximum Gasteiger partial charge on any atom is 0.341 e. The van der Waals surface area contributed by atoms with Crippen molar-refractivity contribution in [3.05, 3.63) is 16.0 Å². The van der Waals surface area contributed by atoms with Gasteiger partial charge in [0, 0.05) is 37.9 Å². The Morgan fingerprint density at radius 1 is 0.627 bits per heavy atom. The fraction of sp³-hybridized carbons (Fsp3) is 0.836. The highest BCUT2D eigenvalue weighted by Crippen LogP contribution is 2.37. The van der Waals surface area contributed by atoms with Crippen molar-refractivity contribution >= 4 is 46.4 Å². The summed E-state index contributed by atoms with van der Waals surface area (Å²) < 4.78 is 16.7. The molecule has 0 aromatic carbocycles. The third-order valence-corrected chi connectivity index (χ3v) is 14.1. The highest BCUT2D eigenvalue weighted by molar-refractivity contribution is 7.16. The SMILES string of the molecule is CCCCCCCC(CCCCC)C(=O)OCCCCCC(=O)N1CCc2c(sc(NC)c2C(=O)OCCN(C)C)C1.CCCCCCCCC(CCCCCC)C(=O)OCCCCCC=O. The molecule has 1 aliphatic heterocycles. The second-order valence-electron chi connectivity index (χ2n) is 19.1. The van der Waals surface area contributed by atoms with Crippen LogP contribution in [0.5, 0.6) is 0 Å². The normalized spacial score (nSPS) is 13.0. The average Bonchev–Trinajstić information content (AvgIpc) is 3.70. The molecule has 0 saturated heterocycles. The van der Waals surface area contributed by atoms with E-state index in [4.69, 9.17) is 14.2 Å². The van der Waals surface area contributed by atoms with Crippen LogP contribution in [0.1, 0.15) is 241 Å². The molecule has 2 rings (SSSR count). The third-order valence-electron chi connectivity index (χ3n) is 12.9. The summed E-state index contributed by atoms with van der Waals surface area (Å²) in [7, 11) is 5.71. The van der Waals surface area contributed by atoms with Gasteiger partial charge in [-0.2, -0.15) is 0 Å². The number of nitrogens with zero attached hydrogens (tertiary/aromatic N) is 2. The summed E-state index contributed by atoms with van der Waals surface area (Å²) in [6, 6.07) is 0. The monoisotopic (exact) mass is 962 g/mol. The van der Waals surface area contributed by atoms with Crippen LogP contribution >= 0.6 is 11.3 Å². The highest BCUT2D eigenvalue weighted by Gasteiger charge is 2.30. The number of thiophene rings is 1. The Morgan fingerprint density at radius 2 is 1.09 bits per heavy atom. The van der Waals surface area contributed by atoms with Gasteiger partial charge in [-0.25, -0.2) is 4.79 Å². The Labute approximate surface area is 413 Å². The second kappa shape index (κ2) is 41.9. The molecular formula is C55H99N3O8S. The predicted octanol–water partition coefficient (Wildman–Crippen LogP) is 13.7. The summed E-state index contributed by atoms with van der Waals surface area (Å²) >= 11 is 1.54. The molecule has 11 nitrogen and oxygen atoms in total. The predicted molar refractivity (Wildman–Crippen MR) is 278 cm³/mol. The number of anilines is 1. The lowest BCUT2D eigenvalue weighted by molar-refractivity contribution is -0.150. The summed E-state index contributed by atoms with van der Waals surface area (Å²) in [5.41, 5.74) is 1.64. The zero-order valence-corrected chi connectivity index (χ0v) is 44.8. The first-order valence-electron chi connectivity index (χ1n) is 27.3. The van der Waals surface area contributed by atoms with E-state index in [1.165, 1.54) is 83.5 Å². The Kier molecular flexibility index (Phi) is 38.8. The lowest BCUT2D eigenvalue weighted by atomic mass is 9.94. The van der Waals surface area contributed by atoms with Crippen LogP contribution < -0.4 is 5.32 Å². The number of esters is 3. The van der Waals surface area contributed by atoms with Crippen molar-refractivity contribution in [2.75, 3.05) is 59.4 Å². The number of carbonyl (C=O) groups is 5. The number of amides is 1. The molecular weight excluding hydrogens is 863 g/mol. The quantitative estimate of drug-likeness (QED) is 0.0293. The fourth-order valence-electron chi connectivity index (χ4n) is 8.59. The first-order chi connectivity index (χ1) is 32.6. The van der Waals surface area contributed by atoms with E-state index in [0.29, 0.717) is 64.3 Å². The molecule has 2 heterocycles. The van der Waals surface area contributed by atoms with Crippen molar-refractivity contribution in [1.82, 2.24) is 9.80 Å². The maximum atomic E-state index is 13.0. The van der Waals surface area contributed by atoms with Crippen LogP contribution in [0.15, 0.2) is 0 Å². The molecule has 0 spiro atoms. The lowest BCUT2D eigenvalue weighted by Crippen LogP contribution is -2.35. The number of hydrogen-bond donors (Lipinski definition) is 1. The number of nitrogens with one attached hydrogen (secondary N) is 1. The molecule has 2 atom stereocenters. The molecule has 67 heavy (non-hydrogen) atoms. The Bertz CT molecular complexity index is 1430. The average molecular weight is 962 g/mol. The van der Waals surface area contributed by atoms with Crippen LogP contribution in [-0.2, 0) is 46.4 Å². The number of carbonyl (C=O) groups excluding carboxylic acids is 5.